The molecule has 2 nitrogen and oxygen atoms in total. The van der Waals surface area contributed by atoms with Gasteiger partial charge < -0.3 is 10.2 Å². The number of benzene rings is 2. The van der Waals surface area contributed by atoms with E-state index in [-0.39, 0.29) is 0 Å². The van der Waals surface area contributed by atoms with Gasteiger partial charge in [0.25, 0.3) is 0 Å². The second-order valence-electron chi connectivity index (χ2n) is 5.55. The van der Waals surface area contributed by atoms with Crippen LogP contribution in [-0.2, 0) is 13.1 Å². The van der Waals surface area contributed by atoms with Gasteiger partial charge in [-0.25, -0.2) is 0 Å². The Hall–Kier alpha value is -1.80. The highest BCUT2D eigenvalue weighted by Crippen LogP contribution is 2.19. The van der Waals surface area contributed by atoms with Gasteiger partial charge in [0.05, 0.1) is 0 Å². The summed E-state index contributed by atoms with van der Waals surface area (Å²) >= 11 is 0. The Morgan fingerprint density at radius 1 is 0.950 bits per heavy atom. The quantitative estimate of drug-likeness (QED) is 0.890. The van der Waals surface area contributed by atoms with E-state index in [9.17, 15) is 0 Å². The molecule has 1 N–H and O–H groups in total. The summed E-state index contributed by atoms with van der Waals surface area (Å²) in [6.45, 7) is 6.15. The number of aryl methyl sites for hydroxylation is 2. The van der Waals surface area contributed by atoms with Crippen LogP contribution in [0.2, 0.25) is 0 Å². The van der Waals surface area contributed by atoms with E-state index in [0.717, 1.165) is 13.1 Å². The van der Waals surface area contributed by atoms with Crippen LogP contribution in [0.25, 0.3) is 0 Å². The summed E-state index contributed by atoms with van der Waals surface area (Å²) in [5.41, 5.74) is 6.59. The predicted molar refractivity (Wildman–Crippen MR) is 87.2 cm³/mol. The summed E-state index contributed by atoms with van der Waals surface area (Å²) in [6, 6.07) is 15.5. The van der Waals surface area contributed by atoms with E-state index < -0.39 is 0 Å². The van der Waals surface area contributed by atoms with Crippen molar-refractivity contribution in [3.63, 3.8) is 0 Å². The maximum absolute atomic E-state index is 3.20. The number of rotatable bonds is 5. The molecule has 2 aromatic carbocycles. The van der Waals surface area contributed by atoms with Crippen molar-refractivity contribution in [1.82, 2.24) is 5.32 Å². The van der Waals surface area contributed by atoms with Gasteiger partial charge in [0.1, 0.15) is 0 Å². The number of hydrogen-bond donors (Lipinski definition) is 1. The molecule has 0 aliphatic heterocycles. The van der Waals surface area contributed by atoms with Gasteiger partial charge in [0.2, 0.25) is 0 Å². The minimum absolute atomic E-state index is 0.918. The Labute approximate surface area is 122 Å². The van der Waals surface area contributed by atoms with Crippen molar-refractivity contribution in [2.24, 2.45) is 0 Å². The minimum atomic E-state index is 0.918. The maximum atomic E-state index is 3.20. The van der Waals surface area contributed by atoms with E-state index in [4.69, 9.17) is 0 Å². The molecule has 0 radical (unpaired) electrons. The molecule has 20 heavy (non-hydrogen) atoms. The van der Waals surface area contributed by atoms with E-state index in [1.54, 1.807) is 0 Å². The number of anilines is 1. The Morgan fingerprint density at radius 2 is 1.60 bits per heavy atom. The highest BCUT2D eigenvalue weighted by Gasteiger charge is 2.04. The fraction of sp³-hybridized carbons (Fsp3) is 0.333. The molecule has 0 fully saturated rings. The first-order valence-corrected chi connectivity index (χ1v) is 7.10. The molecule has 0 heterocycles. The van der Waals surface area contributed by atoms with E-state index >= 15 is 0 Å². The van der Waals surface area contributed by atoms with Crippen molar-refractivity contribution in [2.45, 2.75) is 26.9 Å². The molecule has 2 rings (SSSR count). The summed E-state index contributed by atoms with van der Waals surface area (Å²) in [5, 5.41) is 3.20. The Morgan fingerprint density at radius 3 is 2.25 bits per heavy atom. The average Bonchev–Trinajstić information content (AvgIpc) is 2.38. The molecule has 0 aromatic heterocycles. The lowest BCUT2D eigenvalue weighted by molar-refractivity contribution is 0.813. The molecule has 0 saturated heterocycles. The third-order valence-corrected chi connectivity index (χ3v) is 3.44. The smallest absolute Gasteiger partial charge is 0.0426 e. The first-order chi connectivity index (χ1) is 9.58. The van der Waals surface area contributed by atoms with E-state index in [1.165, 1.54) is 27.9 Å². The van der Waals surface area contributed by atoms with Gasteiger partial charge >= 0.3 is 0 Å². The van der Waals surface area contributed by atoms with Crippen LogP contribution in [0.5, 0.6) is 0 Å². The molecule has 0 aliphatic rings. The molecule has 0 spiro atoms. The SMILES string of the molecule is CNCc1cccc(CN(C)c2cc(C)cc(C)c2)c1. The highest BCUT2D eigenvalue weighted by molar-refractivity contribution is 5.50. The minimum Gasteiger partial charge on any atom is -0.370 e. The van der Waals surface area contributed by atoms with Crippen molar-refractivity contribution >= 4 is 5.69 Å². The topological polar surface area (TPSA) is 15.3 Å². The van der Waals surface area contributed by atoms with Gasteiger partial charge in [-0.3, -0.25) is 0 Å². The van der Waals surface area contributed by atoms with Crippen molar-refractivity contribution in [3.8, 4) is 0 Å². The largest absolute Gasteiger partial charge is 0.370 e. The number of hydrogen-bond acceptors (Lipinski definition) is 2. The first kappa shape index (κ1) is 14.6. The molecule has 2 aromatic rings. The van der Waals surface area contributed by atoms with Gasteiger partial charge in [-0.2, -0.15) is 0 Å². The molecule has 2 heteroatoms. The van der Waals surface area contributed by atoms with E-state index in [1.807, 2.05) is 7.05 Å². The van der Waals surface area contributed by atoms with E-state index in [0.29, 0.717) is 0 Å². The predicted octanol–water partition coefficient (Wildman–Crippen LogP) is 3.66. The van der Waals surface area contributed by atoms with Crippen LogP contribution in [-0.4, -0.2) is 14.1 Å². The average molecular weight is 268 g/mol. The van der Waals surface area contributed by atoms with Crippen LogP contribution in [0.4, 0.5) is 5.69 Å². The second kappa shape index (κ2) is 6.58. The van der Waals surface area contributed by atoms with Crippen LogP contribution in [0, 0.1) is 13.8 Å². The normalized spacial score (nSPS) is 10.6. The summed E-state index contributed by atoms with van der Waals surface area (Å²) in [5.74, 6) is 0. The van der Waals surface area contributed by atoms with Crippen LogP contribution in [0.15, 0.2) is 42.5 Å². The van der Waals surface area contributed by atoms with Crippen LogP contribution in [0.3, 0.4) is 0 Å². The van der Waals surface area contributed by atoms with Gasteiger partial charge in [-0.1, -0.05) is 30.3 Å². The third-order valence-electron chi connectivity index (χ3n) is 3.44. The van der Waals surface area contributed by atoms with Gasteiger partial charge in [0, 0.05) is 25.8 Å². The summed E-state index contributed by atoms with van der Waals surface area (Å²) < 4.78 is 0. The highest BCUT2D eigenvalue weighted by atomic mass is 15.1. The van der Waals surface area contributed by atoms with Crippen LogP contribution in [0.1, 0.15) is 22.3 Å². The zero-order chi connectivity index (χ0) is 14.5. The lowest BCUT2D eigenvalue weighted by atomic mass is 10.1. The van der Waals surface area contributed by atoms with E-state index in [2.05, 4.69) is 73.6 Å². The summed E-state index contributed by atoms with van der Waals surface area (Å²) in [7, 11) is 4.13. The van der Waals surface area contributed by atoms with Gasteiger partial charge in [-0.15, -0.1) is 0 Å². The van der Waals surface area contributed by atoms with Crippen molar-refractivity contribution < 1.29 is 0 Å². The molecular formula is C18H24N2. The fourth-order valence-corrected chi connectivity index (χ4v) is 2.58. The first-order valence-electron chi connectivity index (χ1n) is 7.10. The third kappa shape index (κ3) is 3.84. The molecular weight excluding hydrogens is 244 g/mol. The number of nitrogens with zero attached hydrogens (tertiary/aromatic N) is 1. The molecule has 0 aliphatic carbocycles. The van der Waals surface area contributed by atoms with Crippen molar-refractivity contribution in [2.75, 3.05) is 19.0 Å². The number of nitrogens with one attached hydrogen (secondary N) is 1. The summed E-state index contributed by atoms with van der Waals surface area (Å²) in [6.07, 6.45) is 0. The molecule has 0 bridgehead atoms. The van der Waals surface area contributed by atoms with Gasteiger partial charge in [-0.05, 0) is 55.3 Å². The second-order valence-corrected chi connectivity index (χ2v) is 5.55. The van der Waals surface area contributed by atoms with Crippen LogP contribution < -0.4 is 10.2 Å². The Balaban J connectivity index is 2.14. The molecule has 0 amide bonds. The lowest BCUT2D eigenvalue weighted by Gasteiger charge is -2.21. The molecule has 0 saturated carbocycles. The maximum Gasteiger partial charge on any atom is 0.0426 e. The zero-order valence-electron chi connectivity index (χ0n) is 12.9. The van der Waals surface area contributed by atoms with Crippen molar-refractivity contribution in [3.05, 3.63) is 64.7 Å². The Kier molecular flexibility index (Phi) is 4.80. The van der Waals surface area contributed by atoms with Crippen molar-refractivity contribution in [1.29, 1.82) is 0 Å². The van der Waals surface area contributed by atoms with Gasteiger partial charge in [0.15, 0.2) is 0 Å². The molecule has 0 unspecified atom stereocenters. The Bertz CT molecular complexity index is 555. The molecule has 106 valence electrons. The zero-order valence-corrected chi connectivity index (χ0v) is 12.9. The monoisotopic (exact) mass is 268 g/mol. The lowest BCUT2D eigenvalue weighted by Crippen LogP contribution is -2.17. The fourth-order valence-electron chi connectivity index (χ4n) is 2.58. The standard InChI is InChI=1S/C18H24N2/c1-14-8-15(2)10-18(9-14)20(4)13-17-7-5-6-16(11-17)12-19-3/h5-11,19H,12-13H2,1-4H3. The summed E-state index contributed by atoms with van der Waals surface area (Å²) in [4.78, 5) is 2.30. The molecule has 0 atom stereocenters. The van der Waals surface area contributed by atoms with Crippen LogP contribution >= 0.6 is 0 Å².